The zero-order chi connectivity index (χ0) is 13.9. The van der Waals surface area contributed by atoms with E-state index in [2.05, 4.69) is 0 Å². The number of alkyl halides is 3. The van der Waals surface area contributed by atoms with Crippen LogP contribution in [0.1, 0.15) is 35.7 Å². The molecule has 0 bridgehead atoms. The zero-order valence-electron chi connectivity index (χ0n) is 9.47. The van der Waals surface area contributed by atoms with Gasteiger partial charge in [-0.15, -0.1) is 0 Å². The maximum atomic E-state index is 13.5. The molecule has 0 atom stereocenters. The lowest BCUT2D eigenvalue weighted by Gasteiger charge is -2.10. The Morgan fingerprint density at radius 1 is 1.22 bits per heavy atom. The van der Waals surface area contributed by atoms with Gasteiger partial charge < -0.3 is 0 Å². The third-order valence-corrected chi connectivity index (χ3v) is 2.36. The van der Waals surface area contributed by atoms with Gasteiger partial charge in [-0.05, 0) is 12.1 Å². The van der Waals surface area contributed by atoms with Crippen molar-refractivity contribution >= 4 is 11.6 Å². The van der Waals surface area contributed by atoms with Crippen LogP contribution < -0.4 is 0 Å². The Labute approximate surface area is 101 Å². The van der Waals surface area contributed by atoms with Crippen LogP contribution in [0, 0.1) is 5.82 Å². The Morgan fingerprint density at radius 2 is 1.83 bits per heavy atom. The molecular formula is C12H10F4O2. The monoisotopic (exact) mass is 262 g/mol. The second-order valence-electron chi connectivity index (χ2n) is 3.66. The fourth-order valence-corrected chi connectivity index (χ4v) is 1.37. The lowest BCUT2D eigenvalue weighted by atomic mass is 10.0. The van der Waals surface area contributed by atoms with Crippen molar-refractivity contribution in [3.63, 3.8) is 0 Å². The summed E-state index contributed by atoms with van der Waals surface area (Å²) >= 11 is 0. The summed E-state index contributed by atoms with van der Waals surface area (Å²) in [6.45, 7) is 1.51. The summed E-state index contributed by atoms with van der Waals surface area (Å²) in [4.78, 5) is 22.5. The molecular weight excluding hydrogens is 252 g/mol. The number of benzene rings is 1. The molecule has 0 heterocycles. The minimum Gasteiger partial charge on any atom is -0.299 e. The van der Waals surface area contributed by atoms with E-state index in [-0.39, 0.29) is 6.42 Å². The lowest BCUT2D eigenvalue weighted by molar-refractivity contribution is -0.140. The van der Waals surface area contributed by atoms with E-state index in [0.717, 1.165) is 12.1 Å². The molecule has 6 heteroatoms. The third kappa shape index (κ3) is 3.15. The fourth-order valence-electron chi connectivity index (χ4n) is 1.37. The van der Waals surface area contributed by atoms with Gasteiger partial charge in [0.15, 0.2) is 5.78 Å². The van der Waals surface area contributed by atoms with Crippen LogP contribution in [-0.2, 0) is 11.0 Å². The molecule has 0 spiro atoms. The maximum absolute atomic E-state index is 13.5. The molecule has 0 aliphatic heterocycles. The second kappa shape index (κ2) is 5.29. The summed E-state index contributed by atoms with van der Waals surface area (Å²) in [6, 6.07) is 2.43. The highest BCUT2D eigenvalue weighted by Gasteiger charge is 2.35. The lowest BCUT2D eigenvalue weighted by Crippen LogP contribution is -2.14. The molecule has 1 rings (SSSR count). The van der Waals surface area contributed by atoms with Crippen LogP contribution in [-0.4, -0.2) is 11.6 Å². The van der Waals surface area contributed by atoms with Crippen molar-refractivity contribution in [1.29, 1.82) is 0 Å². The first-order chi connectivity index (χ1) is 8.27. The molecule has 1 aromatic rings. The van der Waals surface area contributed by atoms with Gasteiger partial charge in [0.25, 0.3) is 0 Å². The Balaban J connectivity index is 3.12. The van der Waals surface area contributed by atoms with Crippen LogP contribution in [0.5, 0.6) is 0 Å². The number of carbonyl (C=O) groups excluding carboxylic acids is 2. The van der Waals surface area contributed by atoms with Gasteiger partial charge in [-0.25, -0.2) is 4.39 Å². The third-order valence-electron chi connectivity index (χ3n) is 2.36. The quantitative estimate of drug-likeness (QED) is 0.473. The van der Waals surface area contributed by atoms with Gasteiger partial charge in [0.1, 0.15) is 11.6 Å². The van der Waals surface area contributed by atoms with E-state index in [4.69, 9.17) is 0 Å². The number of hydrogen-bond donors (Lipinski definition) is 0. The molecule has 0 aliphatic carbocycles. The summed E-state index contributed by atoms with van der Waals surface area (Å²) in [5, 5.41) is 0. The summed E-state index contributed by atoms with van der Waals surface area (Å²) in [5.41, 5.74) is -2.20. The van der Waals surface area contributed by atoms with Crippen LogP contribution in [0.2, 0.25) is 0 Å². The number of hydrogen-bond acceptors (Lipinski definition) is 2. The average Bonchev–Trinajstić information content (AvgIpc) is 2.27. The van der Waals surface area contributed by atoms with Crippen molar-refractivity contribution in [2.24, 2.45) is 0 Å². The first kappa shape index (κ1) is 14.3. The van der Waals surface area contributed by atoms with E-state index in [9.17, 15) is 27.2 Å². The summed E-state index contributed by atoms with van der Waals surface area (Å²) in [5.74, 6) is -3.01. The average molecular weight is 262 g/mol. The van der Waals surface area contributed by atoms with E-state index < -0.39 is 41.1 Å². The van der Waals surface area contributed by atoms with Crippen molar-refractivity contribution in [3.8, 4) is 0 Å². The van der Waals surface area contributed by atoms with E-state index in [1.54, 1.807) is 0 Å². The number of Topliss-reactive ketones (excluding diaryl/α,β-unsaturated/α-hetero) is 2. The van der Waals surface area contributed by atoms with Gasteiger partial charge >= 0.3 is 6.18 Å². The van der Waals surface area contributed by atoms with Gasteiger partial charge in [-0.2, -0.15) is 13.2 Å². The predicted molar refractivity (Wildman–Crippen MR) is 55.6 cm³/mol. The van der Waals surface area contributed by atoms with Crippen molar-refractivity contribution < 1.29 is 27.2 Å². The SMILES string of the molecule is CCC(=O)CC(=O)c1cccc(C(F)(F)F)c1F. The highest BCUT2D eigenvalue weighted by Crippen LogP contribution is 2.32. The topological polar surface area (TPSA) is 34.1 Å². The van der Waals surface area contributed by atoms with Gasteiger partial charge in [-0.3, -0.25) is 9.59 Å². The second-order valence-corrected chi connectivity index (χ2v) is 3.66. The van der Waals surface area contributed by atoms with Gasteiger partial charge in [-0.1, -0.05) is 13.0 Å². The molecule has 0 amide bonds. The Bertz CT molecular complexity index is 477. The zero-order valence-corrected chi connectivity index (χ0v) is 9.47. The molecule has 0 fully saturated rings. The van der Waals surface area contributed by atoms with Crippen LogP contribution in [0.4, 0.5) is 17.6 Å². The highest BCUT2D eigenvalue weighted by molar-refractivity contribution is 6.08. The van der Waals surface area contributed by atoms with Crippen LogP contribution >= 0.6 is 0 Å². The van der Waals surface area contributed by atoms with E-state index in [1.807, 2.05) is 0 Å². The molecule has 0 aromatic heterocycles. The van der Waals surface area contributed by atoms with Crippen molar-refractivity contribution in [2.45, 2.75) is 25.9 Å². The largest absolute Gasteiger partial charge is 0.419 e. The van der Waals surface area contributed by atoms with E-state index >= 15 is 0 Å². The number of carbonyl (C=O) groups is 2. The summed E-state index contributed by atoms with van der Waals surface area (Å²) in [6.07, 6.45) is -5.38. The first-order valence-electron chi connectivity index (χ1n) is 5.18. The first-order valence-corrected chi connectivity index (χ1v) is 5.18. The van der Waals surface area contributed by atoms with Crippen LogP contribution in [0.3, 0.4) is 0 Å². The minimum atomic E-state index is -4.87. The van der Waals surface area contributed by atoms with E-state index in [0.29, 0.717) is 6.07 Å². The Morgan fingerprint density at radius 3 is 2.33 bits per heavy atom. The number of rotatable bonds is 4. The molecule has 0 saturated carbocycles. The molecule has 18 heavy (non-hydrogen) atoms. The minimum absolute atomic E-state index is 0.0757. The van der Waals surface area contributed by atoms with Gasteiger partial charge in [0.2, 0.25) is 0 Å². The van der Waals surface area contributed by atoms with Crippen LogP contribution in [0.25, 0.3) is 0 Å². The van der Waals surface area contributed by atoms with Crippen molar-refractivity contribution in [3.05, 3.63) is 35.1 Å². The summed E-state index contributed by atoms with van der Waals surface area (Å²) < 4.78 is 50.7. The molecule has 0 unspecified atom stereocenters. The van der Waals surface area contributed by atoms with Crippen molar-refractivity contribution in [2.75, 3.05) is 0 Å². The van der Waals surface area contributed by atoms with Gasteiger partial charge in [0, 0.05) is 6.42 Å². The summed E-state index contributed by atoms with van der Waals surface area (Å²) in [7, 11) is 0. The normalized spacial score (nSPS) is 11.4. The highest BCUT2D eigenvalue weighted by atomic mass is 19.4. The van der Waals surface area contributed by atoms with Gasteiger partial charge in [0.05, 0.1) is 17.5 Å². The molecule has 0 saturated heterocycles. The Kier molecular flexibility index (Phi) is 4.21. The molecule has 0 radical (unpaired) electrons. The molecule has 98 valence electrons. The standard InChI is InChI=1S/C12H10F4O2/c1-2-7(17)6-10(18)8-4-3-5-9(11(8)13)12(14,15)16/h3-5H,2,6H2,1H3. The fraction of sp³-hybridized carbons (Fsp3) is 0.333. The molecule has 1 aromatic carbocycles. The molecule has 0 N–H and O–H groups in total. The van der Waals surface area contributed by atoms with Crippen LogP contribution in [0.15, 0.2) is 18.2 Å². The smallest absolute Gasteiger partial charge is 0.299 e. The van der Waals surface area contributed by atoms with E-state index in [1.165, 1.54) is 6.92 Å². The predicted octanol–water partition coefficient (Wildman–Crippen LogP) is 3.40. The number of halogens is 4. The maximum Gasteiger partial charge on any atom is 0.419 e. The number of ketones is 2. The molecule has 2 nitrogen and oxygen atoms in total. The Hall–Kier alpha value is -1.72. The molecule has 0 aliphatic rings. The van der Waals surface area contributed by atoms with Crippen molar-refractivity contribution in [1.82, 2.24) is 0 Å².